The Morgan fingerprint density at radius 2 is 2.07 bits per heavy atom. The summed E-state index contributed by atoms with van der Waals surface area (Å²) in [5, 5.41) is 12.9. The minimum atomic E-state index is -1.01. The molecule has 0 fully saturated rings. The quantitative estimate of drug-likeness (QED) is 0.793. The van der Waals surface area contributed by atoms with Crippen LogP contribution in [0.3, 0.4) is 0 Å². The Balaban J connectivity index is 2.02. The minimum absolute atomic E-state index is 0.0280. The van der Waals surface area contributed by atoms with E-state index in [4.69, 9.17) is 4.74 Å². The predicted molar refractivity (Wildman–Crippen MR) is 108 cm³/mol. The third-order valence-electron chi connectivity index (χ3n) is 4.75. The molecule has 1 aromatic rings. The molecule has 6 nitrogen and oxygen atoms in total. The van der Waals surface area contributed by atoms with Crippen molar-refractivity contribution in [2.45, 2.75) is 39.7 Å². The lowest BCUT2D eigenvalue weighted by Crippen LogP contribution is -2.33. The van der Waals surface area contributed by atoms with Crippen LogP contribution in [0, 0.1) is 5.41 Å². The van der Waals surface area contributed by atoms with Crippen LogP contribution < -0.4 is 10.1 Å². The predicted octanol–water partition coefficient (Wildman–Crippen LogP) is 3.98. The van der Waals surface area contributed by atoms with Gasteiger partial charge in [0.1, 0.15) is 11.8 Å². The Morgan fingerprint density at radius 1 is 1.33 bits per heavy atom. The van der Waals surface area contributed by atoms with E-state index in [1.807, 2.05) is 0 Å². The Bertz CT molecular complexity index is 858. The number of ketones is 1. The topological polar surface area (TPSA) is 88.0 Å². The molecule has 0 spiro atoms. The molecular weight excluding hydrogens is 364 g/mol. The van der Waals surface area contributed by atoms with Crippen molar-refractivity contribution in [1.82, 2.24) is 0 Å². The molecule has 1 aliphatic carbocycles. The highest BCUT2D eigenvalue weighted by atomic mass is 32.2. The molecule has 7 heteroatoms. The van der Waals surface area contributed by atoms with Crippen molar-refractivity contribution >= 4 is 34.9 Å². The maximum absolute atomic E-state index is 11.8. The summed E-state index contributed by atoms with van der Waals surface area (Å²) >= 11 is 1.63. The third-order valence-corrected chi connectivity index (χ3v) is 6.00. The monoisotopic (exact) mass is 388 g/mol. The number of benzene rings is 1. The number of nitrogens with one attached hydrogen (secondary N) is 1. The van der Waals surface area contributed by atoms with E-state index in [0.717, 1.165) is 29.2 Å². The van der Waals surface area contributed by atoms with Crippen molar-refractivity contribution in [3.63, 3.8) is 0 Å². The molecule has 144 valence electrons. The number of thioether (sulfide) groups is 1. The molecular formula is C20H24N2O4S. The number of carboxylic acid groups (broad SMARTS) is 1. The molecule has 0 radical (unpaired) electrons. The molecule has 1 unspecified atom stereocenters. The Morgan fingerprint density at radius 3 is 2.70 bits per heavy atom. The normalized spacial score (nSPS) is 21.2. The van der Waals surface area contributed by atoms with Crippen LogP contribution >= 0.6 is 11.8 Å². The van der Waals surface area contributed by atoms with Gasteiger partial charge in [-0.15, -0.1) is 11.8 Å². The van der Waals surface area contributed by atoms with Gasteiger partial charge in [-0.25, -0.2) is 4.79 Å². The average molecular weight is 388 g/mol. The van der Waals surface area contributed by atoms with Crippen LogP contribution in [0.15, 0.2) is 33.8 Å². The Hall–Kier alpha value is -2.28. The van der Waals surface area contributed by atoms with Crippen molar-refractivity contribution < 1.29 is 19.4 Å². The van der Waals surface area contributed by atoms with E-state index >= 15 is 0 Å². The van der Waals surface area contributed by atoms with E-state index in [1.165, 1.54) is 13.2 Å². The number of methoxy groups -OCH3 is 1. The standard InChI is InChI=1S/C20H24N2O4S/c1-11(23)17-10-27-18-15(8-20(2,3)9-16(18)22-17)21-14-6-5-12(26-4)7-13(14)19(24)25/h5-7,17,21H,8-10H2,1-4H3,(H,24,25). The van der Waals surface area contributed by atoms with E-state index < -0.39 is 5.97 Å². The van der Waals surface area contributed by atoms with Gasteiger partial charge in [0.15, 0.2) is 5.78 Å². The number of ether oxygens (including phenoxy) is 1. The Labute approximate surface area is 163 Å². The first-order valence-electron chi connectivity index (χ1n) is 8.82. The van der Waals surface area contributed by atoms with E-state index in [0.29, 0.717) is 17.2 Å². The number of carbonyl (C=O) groups is 2. The highest BCUT2D eigenvalue weighted by Crippen LogP contribution is 2.44. The first kappa shape index (κ1) is 19.5. The minimum Gasteiger partial charge on any atom is -0.497 e. The molecule has 1 aromatic carbocycles. The van der Waals surface area contributed by atoms with Gasteiger partial charge in [0, 0.05) is 16.4 Å². The number of carbonyl (C=O) groups excluding carboxylic acids is 1. The SMILES string of the molecule is COc1ccc(NC2=C3SCC(C(C)=O)N=C3CC(C)(C)C2)c(C(=O)O)c1. The second kappa shape index (κ2) is 7.38. The molecule has 0 amide bonds. The van der Waals surface area contributed by atoms with Crippen LogP contribution in [0.5, 0.6) is 5.75 Å². The lowest BCUT2D eigenvalue weighted by Gasteiger charge is -2.37. The number of allylic oxidation sites excluding steroid dienone is 2. The second-order valence-electron chi connectivity index (χ2n) is 7.68. The summed E-state index contributed by atoms with van der Waals surface area (Å²) in [7, 11) is 1.51. The number of hydrogen-bond acceptors (Lipinski definition) is 6. The number of Topliss-reactive ketones (excluding diaryl/α,β-unsaturated/α-hetero) is 1. The summed E-state index contributed by atoms with van der Waals surface area (Å²) in [6.07, 6.45) is 1.59. The lowest BCUT2D eigenvalue weighted by atomic mass is 9.78. The molecule has 27 heavy (non-hydrogen) atoms. The molecule has 0 aromatic heterocycles. The summed E-state index contributed by atoms with van der Waals surface area (Å²) in [5.74, 6) is 0.182. The fourth-order valence-electron chi connectivity index (χ4n) is 3.40. The lowest BCUT2D eigenvalue weighted by molar-refractivity contribution is -0.117. The zero-order chi connectivity index (χ0) is 19.8. The van der Waals surface area contributed by atoms with Gasteiger partial charge in [0.25, 0.3) is 0 Å². The van der Waals surface area contributed by atoms with Crippen LogP contribution in [-0.2, 0) is 4.79 Å². The van der Waals surface area contributed by atoms with Crippen LogP contribution in [0.4, 0.5) is 5.69 Å². The van der Waals surface area contributed by atoms with Gasteiger partial charge in [-0.05, 0) is 43.4 Å². The molecule has 0 saturated heterocycles. The van der Waals surface area contributed by atoms with Crippen molar-refractivity contribution in [2.75, 3.05) is 18.2 Å². The van der Waals surface area contributed by atoms with Crippen molar-refractivity contribution in [3.05, 3.63) is 34.4 Å². The average Bonchev–Trinajstić information content (AvgIpc) is 2.60. The number of fused-ring (bicyclic) bond motifs is 1. The summed E-state index contributed by atoms with van der Waals surface area (Å²) in [5.41, 5.74) is 2.56. The van der Waals surface area contributed by atoms with Crippen LogP contribution in [0.2, 0.25) is 0 Å². The molecule has 0 bridgehead atoms. The summed E-state index contributed by atoms with van der Waals surface area (Å²) in [6.45, 7) is 5.89. The third kappa shape index (κ3) is 4.18. The van der Waals surface area contributed by atoms with Gasteiger partial charge in [0.2, 0.25) is 0 Å². The highest BCUT2D eigenvalue weighted by molar-refractivity contribution is 8.04. The summed E-state index contributed by atoms with van der Waals surface area (Å²) < 4.78 is 5.14. The van der Waals surface area contributed by atoms with Crippen molar-refractivity contribution in [3.8, 4) is 5.75 Å². The van der Waals surface area contributed by atoms with Gasteiger partial charge in [-0.3, -0.25) is 9.79 Å². The molecule has 0 saturated carbocycles. The fraction of sp³-hybridized carbons (Fsp3) is 0.450. The number of nitrogens with zero attached hydrogens (tertiary/aromatic N) is 1. The molecule has 1 aliphatic heterocycles. The number of anilines is 1. The van der Waals surface area contributed by atoms with Crippen molar-refractivity contribution in [2.24, 2.45) is 10.4 Å². The second-order valence-corrected chi connectivity index (χ2v) is 8.71. The number of hydrogen-bond donors (Lipinski definition) is 2. The van der Waals surface area contributed by atoms with E-state index in [2.05, 4.69) is 24.2 Å². The summed E-state index contributed by atoms with van der Waals surface area (Å²) in [6, 6.07) is 4.68. The van der Waals surface area contributed by atoms with Crippen LogP contribution in [0.25, 0.3) is 0 Å². The molecule has 2 N–H and O–H groups in total. The Kier molecular flexibility index (Phi) is 5.33. The molecule has 1 atom stereocenters. The maximum Gasteiger partial charge on any atom is 0.337 e. The number of aliphatic imine (C=N–C) groups is 1. The van der Waals surface area contributed by atoms with Gasteiger partial charge in [0.05, 0.1) is 24.1 Å². The number of rotatable bonds is 5. The van der Waals surface area contributed by atoms with E-state index in [9.17, 15) is 14.7 Å². The fourth-order valence-corrected chi connectivity index (χ4v) is 4.62. The zero-order valence-corrected chi connectivity index (χ0v) is 16.8. The first-order chi connectivity index (χ1) is 12.7. The largest absolute Gasteiger partial charge is 0.497 e. The smallest absolute Gasteiger partial charge is 0.337 e. The van der Waals surface area contributed by atoms with Crippen LogP contribution in [0.1, 0.15) is 44.0 Å². The van der Waals surface area contributed by atoms with Crippen molar-refractivity contribution in [1.29, 1.82) is 0 Å². The molecule has 3 rings (SSSR count). The number of carboxylic acids is 1. The van der Waals surface area contributed by atoms with Gasteiger partial charge in [-0.2, -0.15) is 0 Å². The van der Waals surface area contributed by atoms with Gasteiger partial charge >= 0.3 is 5.97 Å². The number of aromatic carboxylic acids is 1. The van der Waals surface area contributed by atoms with E-state index in [1.54, 1.807) is 30.8 Å². The van der Waals surface area contributed by atoms with Crippen LogP contribution in [-0.4, -0.2) is 41.5 Å². The molecule has 2 aliphatic rings. The first-order valence-corrected chi connectivity index (χ1v) is 9.80. The highest BCUT2D eigenvalue weighted by Gasteiger charge is 2.35. The molecule has 1 heterocycles. The summed E-state index contributed by atoms with van der Waals surface area (Å²) in [4.78, 5) is 29.2. The van der Waals surface area contributed by atoms with E-state index in [-0.39, 0.29) is 22.8 Å². The van der Waals surface area contributed by atoms with Gasteiger partial charge in [-0.1, -0.05) is 13.8 Å². The zero-order valence-electron chi connectivity index (χ0n) is 16.0. The van der Waals surface area contributed by atoms with Gasteiger partial charge < -0.3 is 15.2 Å². The maximum atomic E-state index is 11.8.